The predicted molar refractivity (Wildman–Crippen MR) is 57.2 cm³/mol. The van der Waals surface area contributed by atoms with E-state index in [4.69, 9.17) is 10.5 Å². The molecule has 82 valence electrons. The van der Waals surface area contributed by atoms with E-state index in [1.807, 2.05) is 13.1 Å². The van der Waals surface area contributed by atoms with Crippen molar-refractivity contribution in [2.75, 3.05) is 6.61 Å². The van der Waals surface area contributed by atoms with Gasteiger partial charge in [-0.05, 0) is 26.2 Å². The molecule has 4 heteroatoms. The Morgan fingerprint density at radius 3 is 3.27 bits per heavy atom. The maximum Gasteiger partial charge on any atom is 0.154 e. The van der Waals surface area contributed by atoms with E-state index in [9.17, 15) is 0 Å². The summed E-state index contributed by atoms with van der Waals surface area (Å²) in [5.41, 5.74) is 8.21. The zero-order chi connectivity index (χ0) is 10.7. The van der Waals surface area contributed by atoms with E-state index < -0.39 is 0 Å². The number of ether oxygens (including phenoxy) is 1. The summed E-state index contributed by atoms with van der Waals surface area (Å²) in [6, 6.07) is 0.120. The number of hydrogen-bond acceptors (Lipinski definition) is 4. The van der Waals surface area contributed by atoms with E-state index in [2.05, 4.69) is 9.97 Å². The average molecular weight is 207 g/mol. The highest BCUT2D eigenvalue weighted by Crippen LogP contribution is 2.25. The van der Waals surface area contributed by atoms with Gasteiger partial charge in [0, 0.05) is 30.1 Å². The first-order valence-electron chi connectivity index (χ1n) is 5.49. The van der Waals surface area contributed by atoms with Crippen LogP contribution in [0, 0.1) is 0 Å². The molecule has 15 heavy (non-hydrogen) atoms. The summed E-state index contributed by atoms with van der Waals surface area (Å²) < 4.78 is 5.28. The third-order valence-corrected chi connectivity index (χ3v) is 2.71. The number of hydrogen-bond donors (Lipinski definition) is 1. The summed E-state index contributed by atoms with van der Waals surface area (Å²) in [5.74, 6) is 0.768. The molecule has 1 heterocycles. The molecule has 1 aromatic rings. The summed E-state index contributed by atoms with van der Waals surface area (Å²) in [5, 5.41) is 0. The number of aromatic nitrogens is 2. The van der Waals surface area contributed by atoms with Crippen molar-refractivity contribution in [2.24, 2.45) is 5.73 Å². The van der Waals surface area contributed by atoms with Crippen molar-refractivity contribution in [1.82, 2.24) is 9.97 Å². The van der Waals surface area contributed by atoms with Crippen LogP contribution in [-0.2, 0) is 17.8 Å². The molecule has 0 spiro atoms. The average Bonchev–Trinajstić information content (AvgIpc) is 2.26. The Morgan fingerprint density at radius 1 is 1.60 bits per heavy atom. The molecule has 1 aliphatic rings. The highest BCUT2D eigenvalue weighted by molar-refractivity contribution is 5.23. The third-order valence-electron chi connectivity index (χ3n) is 2.71. The van der Waals surface area contributed by atoms with Crippen LogP contribution in [0.15, 0.2) is 6.20 Å². The van der Waals surface area contributed by atoms with E-state index >= 15 is 0 Å². The van der Waals surface area contributed by atoms with Gasteiger partial charge in [0.2, 0.25) is 0 Å². The minimum Gasteiger partial charge on any atom is -0.374 e. The first-order chi connectivity index (χ1) is 7.31. The van der Waals surface area contributed by atoms with Crippen LogP contribution in [0.5, 0.6) is 0 Å². The lowest BCUT2D eigenvalue weighted by atomic mass is 9.93. The van der Waals surface area contributed by atoms with E-state index in [0.29, 0.717) is 13.2 Å². The monoisotopic (exact) mass is 207 g/mol. The molecule has 0 aliphatic heterocycles. The largest absolute Gasteiger partial charge is 0.374 e. The lowest BCUT2D eigenvalue weighted by Crippen LogP contribution is -2.20. The van der Waals surface area contributed by atoms with E-state index in [-0.39, 0.29) is 6.04 Å². The highest BCUT2D eigenvalue weighted by Gasteiger charge is 2.18. The molecule has 0 saturated carbocycles. The molecule has 0 aromatic carbocycles. The van der Waals surface area contributed by atoms with Gasteiger partial charge in [-0.15, -0.1) is 0 Å². The fourth-order valence-electron chi connectivity index (χ4n) is 1.89. The van der Waals surface area contributed by atoms with Gasteiger partial charge in [-0.1, -0.05) is 0 Å². The standard InChI is InChI=1S/C11H17N3O/c1-2-15-7-11-13-6-8-9(12)4-3-5-10(8)14-11/h6,9H,2-5,7,12H2,1H3. The van der Waals surface area contributed by atoms with Crippen molar-refractivity contribution >= 4 is 0 Å². The molecular weight excluding hydrogens is 190 g/mol. The summed E-state index contributed by atoms with van der Waals surface area (Å²) in [4.78, 5) is 8.75. The molecule has 0 fully saturated rings. The fraction of sp³-hybridized carbons (Fsp3) is 0.636. The molecule has 0 radical (unpaired) electrons. The summed E-state index contributed by atoms with van der Waals surface area (Å²) in [7, 11) is 0. The first kappa shape index (κ1) is 10.5. The van der Waals surface area contributed by atoms with E-state index in [1.165, 1.54) is 0 Å². The molecule has 1 aliphatic carbocycles. The van der Waals surface area contributed by atoms with Crippen molar-refractivity contribution in [2.45, 2.75) is 38.8 Å². The van der Waals surface area contributed by atoms with Gasteiger partial charge in [-0.25, -0.2) is 9.97 Å². The van der Waals surface area contributed by atoms with Crippen molar-refractivity contribution in [3.8, 4) is 0 Å². The molecule has 0 bridgehead atoms. The van der Waals surface area contributed by atoms with Gasteiger partial charge in [0.15, 0.2) is 5.82 Å². The van der Waals surface area contributed by atoms with Crippen molar-refractivity contribution in [1.29, 1.82) is 0 Å². The van der Waals surface area contributed by atoms with Gasteiger partial charge >= 0.3 is 0 Å². The number of nitrogens with two attached hydrogens (primary N) is 1. The molecule has 2 N–H and O–H groups in total. The van der Waals surface area contributed by atoms with Crippen molar-refractivity contribution < 1.29 is 4.74 Å². The zero-order valence-corrected chi connectivity index (χ0v) is 9.07. The second-order valence-electron chi connectivity index (χ2n) is 3.82. The number of nitrogens with zero attached hydrogens (tertiary/aromatic N) is 2. The molecule has 1 unspecified atom stereocenters. The highest BCUT2D eigenvalue weighted by atomic mass is 16.5. The third kappa shape index (κ3) is 2.33. The maximum absolute atomic E-state index is 5.99. The quantitative estimate of drug-likeness (QED) is 0.812. The Hall–Kier alpha value is -1.00. The summed E-state index contributed by atoms with van der Waals surface area (Å²) >= 11 is 0. The van der Waals surface area contributed by atoms with Gasteiger partial charge < -0.3 is 10.5 Å². The number of aryl methyl sites for hydroxylation is 1. The maximum atomic E-state index is 5.99. The zero-order valence-electron chi connectivity index (χ0n) is 9.07. The number of rotatable bonds is 3. The van der Waals surface area contributed by atoms with Gasteiger partial charge in [-0.3, -0.25) is 0 Å². The summed E-state index contributed by atoms with van der Waals surface area (Å²) in [6.45, 7) is 3.16. The molecule has 1 atom stereocenters. The molecule has 2 rings (SSSR count). The van der Waals surface area contributed by atoms with Crippen LogP contribution in [-0.4, -0.2) is 16.6 Å². The lowest BCUT2D eigenvalue weighted by Gasteiger charge is -2.20. The Morgan fingerprint density at radius 2 is 2.47 bits per heavy atom. The summed E-state index contributed by atoms with van der Waals surface area (Å²) in [6.07, 6.45) is 5.05. The van der Waals surface area contributed by atoms with Gasteiger partial charge in [0.25, 0.3) is 0 Å². The molecule has 1 aromatic heterocycles. The Labute approximate surface area is 89.9 Å². The van der Waals surface area contributed by atoms with Crippen molar-refractivity contribution in [3.63, 3.8) is 0 Å². The van der Waals surface area contributed by atoms with Crippen LogP contribution in [0.4, 0.5) is 0 Å². The minimum atomic E-state index is 0.120. The molecule has 0 saturated heterocycles. The Balaban J connectivity index is 2.18. The van der Waals surface area contributed by atoms with Crippen LogP contribution in [0.1, 0.15) is 42.9 Å². The van der Waals surface area contributed by atoms with Crippen molar-refractivity contribution in [3.05, 3.63) is 23.3 Å². The van der Waals surface area contributed by atoms with Crippen LogP contribution < -0.4 is 5.73 Å². The van der Waals surface area contributed by atoms with Crippen LogP contribution in [0.25, 0.3) is 0 Å². The lowest BCUT2D eigenvalue weighted by molar-refractivity contribution is 0.128. The Bertz CT molecular complexity index is 341. The van der Waals surface area contributed by atoms with Gasteiger partial charge in [0.1, 0.15) is 6.61 Å². The van der Waals surface area contributed by atoms with Crippen LogP contribution >= 0.6 is 0 Å². The first-order valence-corrected chi connectivity index (χ1v) is 5.49. The van der Waals surface area contributed by atoms with E-state index in [1.54, 1.807) is 0 Å². The van der Waals surface area contributed by atoms with Crippen LogP contribution in [0.3, 0.4) is 0 Å². The minimum absolute atomic E-state index is 0.120. The molecular formula is C11H17N3O. The molecule has 4 nitrogen and oxygen atoms in total. The SMILES string of the molecule is CCOCc1ncc2c(n1)CCCC2N. The second kappa shape index (κ2) is 4.68. The fourth-order valence-corrected chi connectivity index (χ4v) is 1.89. The molecule has 0 amide bonds. The van der Waals surface area contributed by atoms with E-state index in [0.717, 1.165) is 36.3 Å². The predicted octanol–water partition coefficient (Wildman–Crippen LogP) is 1.35. The normalized spacial score (nSPS) is 20.0. The van der Waals surface area contributed by atoms with Gasteiger partial charge in [-0.2, -0.15) is 0 Å². The number of fused-ring (bicyclic) bond motifs is 1. The Kier molecular flexibility index (Phi) is 3.28. The topological polar surface area (TPSA) is 61.0 Å². The van der Waals surface area contributed by atoms with Gasteiger partial charge in [0.05, 0.1) is 0 Å². The second-order valence-corrected chi connectivity index (χ2v) is 3.82. The smallest absolute Gasteiger partial charge is 0.154 e. The van der Waals surface area contributed by atoms with Crippen LogP contribution in [0.2, 0.25) is 0 Å².